The van der Waals surface area contributed by atoms with E-state index in [9.17, 15) is 14.0 Å². The van der Waals surface area contributed by atoms with Crippen molar-refractivity contribution < 1.29 is 13.9 Å². The Hall–Kier alpha value is -3.01. The number of nitrogens with zero attached hydrogens (tertiary/aromatic N) is 3. The van der Waals surface area contributed by atoms with Crippen molar-refractivity contribution in [1.82, 2.24) is 19.5 Å². The molecule has 0 unspecified atom stereocenters. The number of halogens is 1. The van der Waals surface area contributed by atoms with E-state index in [2.05, 4.69) is 4.90 Å². The van der Waals surface area contributed by atoms with Gasteiger partial charge >= 0.3 is 5.69 Å². The van der Waals surface area contributed by atoms with Gasteiger partial charge in [0.1, 0.15) is 5.82 Å². The summed E-state index contributed by atoms with van der Waals surface area (Å²) in [6, 6.07) is 11.6. The van der Waals surface area contributed by atoms with E-state index in [4.69, 9.17) is 10.6 Å². The van der Waals surface area contributed by atoms with Crippen LogP contribution in [0, 0.1) is 5.82 Å². The fraction of sp³-hybridized carbons (Fsp3) is 0.333. The van der Waals surface area contributed by atoms with Crippen molar-refractivity contribution in [2.45, 2.75) is 13.1 Å². The summed E-state index contributed by atoms with van der Waals surface area (Å²) in [5.41, 5.74) is 3.80. The molecule has 9 heteroatoms. The van der Waals surface area contributed by atoms with E-state index in [1.165, 1.54) is 12.1 Å². The second-order valence-corrected chi connectivity index (χ2v) is 7.24. The summed E-state index contributed by atoms with van der Waals surface area (Å²) in [4.78, 5) is 27.0. The predicted octanol–water partition coefficient (Wildman–Crippen LogP) is 0.926. The summed E-state index contributed by atoms with van der Waals surface area (Å²) in [7, 11) is 0. The fourth-order valence-corrected chi connectivity index (χ4v) is 3.78. The van der Waals surface area contributed by atoms with Gasteiger partial charge in [-0.15, -0.1) is 0 Å². The summed E-state index contributed by atoms with van der Waals surface area (Å²) < 4.78 is 23.3. The summed E-state index contributed by atoms with van der Waals surface area (Å²) in [5, 5.41) is 0. The summed E-state index contributed by atoms with van der Waals surface area (Å²) in [6.45, 7) is 4.46. The van der Waals surface area contributed by atoms with Crippen LogP contribution >= 0.6 is 0 Å². The van der Waals surface area contributed by atoms with Crippen molar-refractivity contribution in [3.63, 3.8) is 0 Å². The zero-order valence-corrected chi connectivity index (χ0v) is 16.5. The Morgan fingerprint density at radius 2 is 1.77 bits per heavy atom. The number of nitrogens with one attached hydrogen (secondary N) is 1. The zero-order chi connectivity index (χ0) is 21.1. The molecule has 158 valence electrons. The molecule has 0 radical (unpaired) electrons. The first-order valence-corrected chi connectivity index (χ1v) is 9.86. The second kappa shape index (κ2) is 8.78. The van der Waals surface area contributed by atoms with E-state index in [0.717, 1.165) is 36.7 Å². The Balaban J connectivity index is 1.64. The lowest BCUT2D eigenvalue weighted by molar-refractivity contribution is 0.0364. The smallest absolute Gasteiger partial charge is 0.329 e. The van der Waals surface area contributed by atoms with Gasteiger partial charge in [-0.1, -0.05) is 18.2 Å². The molecule has 1 saturated heterocycles. The van der Waals surface area contributed by atoms with Gasteiger partial charge < -0.3 is 4.74 Å². The number of carbonyl (C=O) groups is 1. The van der Waals surface area contributed by atoms with Crippen LogP contribution in [-0.4, -0.2) is 52.8 Å². The van der Waals surface area contributed by atoms with Gasteiger partial charge in [0.2, 0.25) is 0 Å². The molecular formula is C21H24FN5O3. The van der Waals surface area contributed by atoms with Crippen LogP contribution in [0.15, 0.2) is 47.3 Å². The molecule has 0 aliphatic carbocycles. The first kappa shape index (κ1) is 20.3. The zero-order valence-electron chi connectivity index (χ0n) is 16.5. The van der Waals surface area contributed by atoms with E-state index in [1.54, 1.807) is 9.13 Å². The highest BCUT2D eigenvalue weighted by atomic mass is 19.1. The van der Waals surface area contributed by atoms with Crippen molar-refractivity contribution in [3.05, 3.63) is 69.9 Å². The topological polar surface area (TPSA) is 94.5 Å². The molecule has 0 atom stereocenters. The number of hydrazine groups is 1. The molecule has 3 N–H and O–H groups in total. The van der Waals surface area contributed by atoms with Crippen molar-refractivity contribution >= 4 is 16.9 Å². The van der Waals surface area contributed by atoms with Gasteiger partial charge in [-0.05, 0) is 24.3 Å². The number of amides is 1. The molecule has 1 aromatic heterocycles. The summed E-state index contributed by atoms with van der Waals surface area (Å²) in [6.07, 6.45) is 0. The Morgan fingerprint density at radius 3 is 2.43 bits per heavy atom. The van der Waals surface area contributed by atoms with Gasteiger partial charge in [0, 0.05) is 37.3 Å². The first-order chi connectivity index (χ1) is 14.6. The standard InChI is InChI=1S/C21H24FN5O3/c22-17-13-15(20(28)24-23)5-6-16(17)14-27-19-4-2-1-3-18(19)26(21(27)29)8-7-25-9-11-30-12-10-25/h1-6,13H,7-12,14,23H2,(H,24,28). The van der Waals surface area contributed by atoms with Crippen LogP contribution in [0.2, 0.25) is 0 Å². The molecule has 8 nitrogen and oxygen atoms in total. The van der Waals surface area contributed by atoms with Crippen molar-refractivity contribution in [2.24, 2.45) is 5.84 Å². The highest BCUT2D eigenvalue weighted by Gasteiger charge is 2.17. The number of fused-ring (bicyclic) bond motifs is 1. The number of hydrogen-bond donors (Lipinski definition) is 2. The van der Waals surface area contributed by atoms with Crippen LogP contribution in [-0.2, 0) is 17.8 Å². The quantitative estimate of drug-likeness (QED) is 0.356. The average Bonchev–Trinajstić information content (AvgIpc) is 3.04. The number of rotatable bonds is 6. The molecule has 3 aromatic rings. The Bertz CT molecular complexity index is 1120. The normalized spacial score (nSPS) is 14.9. The van der Waals surface area contributed by atoms with Crippen LogP contribution in [0.25, 0.3) is 11.0 Å². The molecule has 1 aliphatic heterocycles. The molecule has 0 spiro atoms. The third-order valence-electron chi connectivity index (χ3n) is 5.44. The van der Waals surface area contributed by atoms with Crippen molar-refractivity contribution in [1.29, 1.82) is 0 Å². The highest BCUT2D eigenvalue weighted by molar-refractivity contribution is 5.93. The number of hydrogen-bond acceptors (Lipinski definition) is 5. The van der Waals surface area contributed by atoms with Crippen molar-refractivity contribution in [2.75, 3.05) is 32.8 Å². The lowest BCUT2D eigenvalue weighted by Crippen LogP contribution is -2.39. The minimum atomic E-state index is -0.572. The number of carbonyl (C=O) groups excluding carboxylic acids is 1. The number of nitrogens with two attached hydrogens (primary N) is 1. The maximum absolute atomic E-state index is 14.6. The van der Waals surface area contributed by atoms with E-state index in [-0.39, 0.29) is 17.8 Å². The van der Waals surface area contributed by atoms with Gasteiger partial charge in [0.15, 0.2) is 0 Å². The van der Waals surface area contributed by atoms with Crippen LogP contribution in [0.3, 0.4) is 0 Å². The third-order valence-corrected chi connectivity index (χ3v) is 5.44. The minimum Gasteiger partial charge on any atom is -0.379 e. The number of nitrogen functional groups attached to an aromatic ring is 1. The highest BCUT2D eigenvalue weighted by Crippen LogP contribution is 2.17. The molecule has 2 aromatic carbocycles. The molecular weight excluding hydrogens is 389 g/mol. The predicted molar refractivity (Wildman–Crippen MR) is 111 cm³/mol. The average molecular weight is 413 g/mol. The number of ether oxygens (including phenoxy) is 1. The minimum absolute atomic E-state index is 0.0697. The van der Waals surface area contributed by atoms with Gasteiger partial charge in [-0.2, -0.15) is 0 Å². The maximum atomic E-state index is 14.6. The van der Waals surface area contributed by atoms with Crippen LogP contribution < -0.4 is 17.0 Å². The number of morpholine rings is 1. The monoisotopic (exact) mass is 413 g/mol. The lowest BCUT2D eigenvalue weighted by Gasteiger charge is -2.26. The van der Waals surface area contributed by atoms with E-state index in [1.807, 2.05) is 29.7 Å². The molecule has 4 rings (SSSR count). The molecule has 1 amide bonds. The van der Waals surface area contributed by atoms with E-state index >= 15 is 0 Å². The van der Waals surface area contributed by atoms with Crippen LogP contribution in [0.1, 0.15) is 15.9 Å². The number of benzene rings is 2. The largest absolute Gasteiger partial charge is 0.379 e. The van der Waals surface area contributed by atoms with Crippen LogP contribution in [0.5, 0.6) is 0 Å². The Morgan fingerprint density at radius 1 is 1.07 bits per heavy atom. The molecule has 1 fully saturated rings. The molecule has 0 bridgehead atoms. The summed E-state index contributed by atoms with van der Waals surface area (Å²) >= 11 is 0. The molecule has 1 aliphatic rings. The Labute approximate surface area is 172 Å². The maximum Gasteiger partial charge on any atom is 0.329 e. The van der Waals surface area contributed by atoms with Crippen molar-refractivity contribution in [3.8, 4) is 0 Å². The number of para-hydroxylation sites is 2. The molecule has 30 heavy (non-hydrogen) atoms. The second-order valence-electron chi connectivity index (χ2n) is 7.24. The fourth-order valence-electron chi connectivity index (χ4n) is 3.78. The van der Waals surface area contributed by atoms with Gasteiger partial charge in [0.25, 0.3) is 5.91 Å². The van der Waals surface area contributed by atoms with E-state index in [0.29, 0.717) is 25.3 Å². The van der Waals surface area contributed by atoms with E-state index < -0.39 is 11.7 Å². The molecule has 0 saturated carbocycles. The third kappa shape index (κ3) is 4.00. The van der Waals surface area contributed by atoms with Crippen LogP contribution in [0.4, 0.5) is 4.39 Å². The number of imidazole rings is 1. The Kier molecular flexibility index (Phi) is 5.93. The van der Waals surface area contributed by atoms with Gasteiger partial charge in [0.05, 0.1) is 30.8 Å². The first-order valence-electron chi connectivity index (χ1n) is 9.86. The number of aromatic nitrogens is 2. The van der Waals surface area contributed by atoms with Gasteiger partial charge in [-0.3, -0.25) is 24.3 Å². The SMILES string of the molecule is NNC(=O)c1ccc(Cn2c(=O)n(CCN3CCOCC3)c3ccccc32)c(F)c1. The lowest BCUT2D eigenvalue weighted by atomic mass is 10.1. The molecule has 2 heterocycles. The summed E-state index contributed by atoms with van der Waals surface area (Å²) in [5.74, 6) is 3.97. The van der Waals surface area contributed by atoms with Gasteiger partial charge in [-0.25, -0.2) is 15.0 Å².